The van der Waals surface area contributed by atoms with Crippen LogP contribution in [0.4, 0.5) is 0 Å². The SMILES string of the molecule is O=C(OC1CCCCC1[Se]c1ccccc1)c1cccnc1. The van der Waals surface area contributed by atoms with Gasteiger partial charge in [0.1, 0.15) is 0 Å². The molecule has 1 aliphatic rings. The monoisotopic (exact) mass is 361 g/mol. The Morgan fingerprint density at radius 3 is 2.68 bits per heavy atom. The second-order valence-corrected chi connectivity index (χ2v) is 8.19. The molecule has 1 aliphatic carbocycles. The normalized spacial score (nSPS) is 21.3. The van der Waals surface area contributed by atoms with Crippen molar-refractivity contribution in [1.82, 2.24) is 4.98 Å². The number of rotatable bonds is 4. The molecule has 3 rings (SSSR count). The van der Waals surface area contributed by atoms with Crippen molar-refractivity contribution in [3.05, 3.63) is 60.4 Å². The molecular weight excluding hydrogens is 341 g/mol. The minimum atomic E-state index is -0.242. The zero-order valence-electron chi connectivity index (χ0n) is 12.4. The van der Waals surface area contributed by atoms with Crippen molar-refractivity contribution in [1.29, 1.82) is 0 Å². The summed E-state index contributed by atoms with van der Waals surface area (Å²) in [4.78, 5) is 16.7. The molecule has 1 aromatic heterocycles. The van der Waals surface area contributed by atoms with Crippen molar-refractivity contribution in [2.45, 2.75) is 36.6 Å². The van der Waals surface area contributed by atoms with Crippen molar-refractivity contribution in [3.8, 4) is 0 Å². The molecule has 1 aromatic carbocycles. The third-order valence-electron chi connectivity index (χ3n) is 3.83. The van der Waals surface area contributed by atoms with E-state index < -0.39 is 0 Å². The number of nitrogens with zero attached hydrogens (tertiary/aromatic N) is 1. The fourth-order valence-electron chi connectivity index (χ4n) is 2.70. The molecule has 0 spiro atoms. The van der Waals surface area contributed by atoms with Gasteiger partial charge in [-0.15, -0.1) is 0 Å². The van der Waals surface area contributed by atoms with E-state index in [0.717, 1.165) is 19.3 Å². The summed E-state index contributed by atoms with van der Waals surface area (Å²) in [5, 5.41) is 0. The van der Waals surface area contributed by atoms with Gasteiger partial charge in [0.05, 0.1) is 0 Å². The van der Waals surface area contributed by atoms with Gasteiger partial charge in [-0.3, -0.25) is 0 Å². The van der Waals surface area contributed by atoms with Crippen LogP contribution in [-0.4, -0.2) is 32.0 Å². The molecule has 1 saturated carbocycles. The molecule has 3 nitrogen and oxygen atoms in total. The summed E-state index contributed by atoms with van der Waals surface area (Å²) >= 11 is 0.349. The number of esters is 1. The summed E-state index contributed by atoms with van der Waals surface area (Å²) in [7, 11) is 0. The van der Waals surface area contributed by atoms with Gasteiger partial charge in [0, 0.05) is 0 Å². The minimum absolute atomic E-state index is 0.0432. The van der Waals surface area contributed by atoms with Gasteiger partial charge in [-0.25, -0.2) is 0 Å². The van der Waals surface area contributed by atoms with Crippen LogP contribution in [0.1, 0.15) is 36.0 Å². The number of hydrogen-bond donors (Lipinski definition) is 0. The van der Waals surface area contributed by atoms with E-state index in [9.17, 15) is 4.79 Å². The van der Waals surface area contributed by atoms with E-state index in [1.54, 1.807) is 24.5 Å². The molecule has 114 valence electrons. The third-order valence-corrected chi connectivity index (χ3v) is 6.74. The summed E-state index contributed by atoms with van der Waals surface area (Å²) in [6, 6.07) is 14.1. The Hall–Kier alpha value is -1.64. The Bertz CT molecular complexity index is 603. The van der Waals surface area contributed by atoms with E-state index in [4.69, 9.17) is 4.74 Å². The standard InChI is InChI=1S/C18H19NO2Se/c20-18(14-7-6-12-19-13-14)21-16-10-4-5-11-17(16)22-15-8-2-1-3-9-15/h1-3,6-9,12-13,16-17H,4-5,10-11H2. The first-order valence-electron chi connectivity index (χ1n) is 7.65. The number of benzene rings is 1. The van der Waals surface area contributed by atoms with Crippen LogP contribution in [0.5, 0.6) is 0 Å². The van der Waals surface area contributed by atoms with Crippen molar-refractivity contribution < 1.29 is 9.53 Å². The van der Waals surface area contributed by atoms with Crippen LogP contribution in [0.15, 0.2) is 54.9 Å². The summed E-state index contributed by atoms with van der Waals surface area (Å²) in [5.41, 5.74) is 0.541. The second-order valence-electron chi connectivity index (χ2n) is 5.44. The number of carbonyl (C=O) groups is 1. The van der Waals surface area contributed by atoms with Gasteiger partial charge >= 0.3 is 137 Å². The van der Waals surface area contributed by atoms with Gasteiger partial charge in [-0.05, 0) is 0 Å². The maximum absolute atomic E-state index is 12.3. The summed E-state index contributed by atoms with van der Waals surface area (Å²) in [6.07, 6.45) is 7.79. The van der Waals surface area contributed by atoms with E-state index in [1.807, 2.05) is 6.07 Å². The molecule has 2 atom stereocenters. The topological polar surface area (TPSA) is 39.2 Å². The van der Waals surface area contributed by atoms with E-state index in [1.165, 1.54) is 10.9 Å². The van der Waals surface area contributed by atoms with Gasteiger partial charge in [0.25, 0.3) is 0 Å². The molecule has 0 radical (unpaired) electrons. The van der Waals surface area contributed by atoms with Crippen molar-refractivity contribution in [2.75, 3.05) is 0 Å². The quantitative estimate of drug-likeness (QED) is 0.622. The zero-order valence-corrected chi connectivity index (χ0v) is 14.1. The molecule has 0 aliphatic heterocycles. The molecule has 4 heteroatoms. The van der Waals surface area contributed by atoms with Crippen LogP contribution < -0.4 is 4.46 Å². The second kappa shape index (κ2) is 7.57. The fourth-order valence-corrected chi connectivity index (χ4v) is 5.41. The van der Waals surface area contributed by atoms with Crippen LogP contribution in [0, 0.1) is 0 Å². The van der Waals surface area contributed by atoms with Crippen LogP contribution in [-0.2, 0) is 4.74 Å². The van der Waals surface area contributed by atoms with Crippen LogP contribution >= 0.6 is 0 Å². The Balaban J connectivity index is 1.66. The maximum atomic E-state index is 12.3. The first kappa shape index (κ1) is 15.3. The van der Waals surface area contributed by atoms with Crippen molar-refractivity contribution in [3.63, 3.8) is 0 Å². The molecule has 0 bridgehead atoms. The predicted octanol–water partition coefficient (Wildman–Crippen LogP) is 3.00. The molecule has 0 N–H and O–H groups in total. The van der Waals surface area contributed by atoms with Gasteiger partial charge in [0.15, 0.2) is 0 Å². The van der Waals surface area contributed by atoms with E-state index >= 15 is 0 Å². The van der Waals surface area contributed by atoms with Crippen LogP contribution in [0.2, 0.25) is 4.82 Å². The van der Waals surface area contributed by atoms with Gasteiger partial charge in [0.2, 0.25) is 0 Å². The van der Waals surface area contributed by atoms with Gasteiger partial charge < -0.3 is 0 Å². The average Bonchev–Trinajstić information content (AvgIpc) is 2.58. The number of pyridine rings is 1. The van der Waals surface area contributed by atoms with E-state index in [2.05, 4.69) is 29.2 Å². The Labute approximate surface area is 137 Å². The third kappa shape index (κ3) is 3.96. The molecule has 1 heterocycles. The van der Waals surface area contributed by atoms with Crippen molar-refractivity contribution in [2.24, 2.45) is 0 Å². The molecule has 0 amide bonds. The Morgan fingerprint density at radius 1 is 1.09 bits per heavy atom. The van der Waals surface area contributed by atoms with E-state index in [-0.39, 0.29) is 12.1 Å². The van der Waals surface area contributed by atoms with Gasteiger partial charge in [-0.1, -0.05) is 0 Å². The van der Waals surface area contributed by atoms with Crippen LogP contribution in [0.3, 0.4) is 0 Å². The van der Waals surface area contributed by atoms with Gasteiger partial charge in [-0.2, -0.15) is 0 Å². The molecule has 0 saturated heterocycles. The molecule has 2 aromatic rings. The van der Waals surface area contributed by atoms with Crippen molar-refractivity contribution >= 4 is 25.4 Å². The Kier molecular flexibility index (Phi) is 5.25. The predicted molar refractivity (Wildman–Crippen MR) is 87.5 cm³/mol. The number of aromatic nitrogens is 1. The molecule has 2 unspecified atom stereocenters. The summed E-state index contributed by atoms with van der Waals surface area (Å²) in [6.45, 7) is 0. The number of carbonyl (C=O) groups excluding carboxylic acids is 1. The first-order valence-corrected chi connectivity index (χ1v) is 9.50. The Morgan fingerprint density at radius 2 is 1.91 bits per heavy atom. The van der Waals surface area contributed by atoms with E-state index in [0.29, 0.717) is 25.3 Å². The number of hydrogen-bond acceptors (Lipinski definition) is 3. The van der Waals surface area contributed by atoms with Crippen LogP contribution in [0.25, 0.3) is 0 Å². The summed E-state index contributed by atoms with van der Waals surface area (Å²) < 4.78 is 7.18. The first-order chi connectivity index (χ1) is 10.8. The molecule has 1 fully saturated rings. The molecular formula is C18H19NO2Se. The number of ether oxygens (including phenoxy) is 1. The average molecular weight is 360 g/mol. The molecule has 22 heavy (non-hydrogen) atoms. The summed E-state index contributed by atoms with van der Waals surface area (Å²) in [5.74, 6) is -0.242. The zero-order chi connectivity index (χ0) is 15.2. The fraction of sp³-hybridized carbons (Fsp3) is 0.333.